The Hall–Kier alpha value is -1.49. The van der Waals surface area contributed by atoms with Crippen molar-refractivity contribution in [2.45, 2.75) is 27.3 Å². The van der Waals surface area contributed by atoms with Gasteiger partial charge in [-0.05, 0) is 30.0 Å². The number of non-ortho nitro benzene ring substituents is 1. The van der Waals surface area contributed by atoms with Gasteiger partial charge >= 0.3 is 0 Å². The molecule has 1 unspecified atom stereocenters. The standard InChI is InChI=1S/C13H19FN2O2/c1-9(2)10(3)7-15-8-11-4-12(14)6-13(5-11)16(17)18/h4-6,9-10,15H,7-8H2,1-3H3. The van der Waals surface area contributed by atoms with Gasteiger partial charge < -0.3 is 5.32 Å². The lowest BCUT2D eigenvalue weighted by Gasteiger charge is -2.16. The molecule has 4 nitrogen and oxygen atoms in total. The Morgan fingerprint density at radius 2 is 2.00 bits per heavy atom. The smallest absolute Gasteiger partial charge is 0.272 e. The molecule has 0 aromatic heterocycles. The Labute approximate surface area is 106 Å². The predicted octanol–water partition coefficient (Wildman–Crippen LogP) is 3.12. The Bertz CT molecular complexity index is 421. The Kier molecular flexibility index (Phi) is 5.22. The zero-order valence-corrected chi connectivity index (χ0v) is 10.9. The van der Waals surface area contributed by atoms with E-state index >= 15 is 0 Å². The molecule has 1 aromatic carbocycles. The van der Waals surface area contributed by atoms with E-state index < -0.39 is 10.7 Å². The third-order valence-corrected chi connectivity index (χ3v) is 3.09. The van der Waals surface area contributed by atoms with Crippen LogP contribution in [0.3, 0.4) is 0 Å². The first kappa shape index (κ1) is 14.6. The third kappa shape index (κ3) is 4.41. The van der Waals surface area contributed by atoms with Gasteiger partial charge in [0.15, 0.2) is 0 Å². The van der Waals surface area contributed by atoms with Crippen LogP contribution in [0.2, 0.25) is 0 Å². The number of nitro groups is 1. The molecule has 0 aliphatic rings. The van der Waals surface area contributed by atoms with E-state index in [9.17, 15) is 14.5 Å². The fraction of sp³-hybridized carbons (Fsp3) is 0.538. The number of nitrogens with one attached hydrogen (secondary N) is 1. The number of nitrogens with zero attached hydrogens (tertiary/aromatic N) is 1. The normalized spacial score (nSPS) is 12.7. The van der Waals surface area contributed by atoms with Crippen molar-refractivity contribution in [3.63, 3.8) is 0 Å². The maximum atomic E-state index is 13.2. The van der Waals surface area contributed by atoms with Crippen molar-refractivity contribution in [3.05, 3.63) is 39.7 Å². The fourth-order valence-electron chi connectivity index (χ4n) is 1.52. The summed E-state index contributed by atoms with van der Waals surface area (Å²) in [5, 5.41) is 13.8. The van der Waals surface area contributed by atoms with Gasteiger partial charge in [0.2, 0.25) is 0 Å². The average molecular weight is 254 g/mol. The summed E-state index contributed by atoms with van der Waals surface area (Å²) >= 11 is 0. The van der Waals surface area contributed by atoms with Gasteiger partial charge in [-0.15, -0.1) is 0 Å². The van der Waals surface area contributed by atoms with E-state index in [4.69, 9.17) is 0 Å². The summed E-state index contributed by atoms with van der Waals surface area (Å²) in [5.74, 6) is 0.505. The maximum absolute atomic E-state index is 13.2. The zero-order chi connectivity index (χ0) is 13.7. The van der Waals surface area contributed by atoms with Crippen LogP contribution in [-0.4, -0.2) is 11.5 Å². The van der Waals surface area contributed by atoms with E-state index in [0.717, 1.165) is 12.6 Å². The molecule has 0 fully saturated rings. The number of rotatable bonds is 6. The molecular formula is C13H19FN2O2. The van der Waals surface area contributed by atoms with E-state index in [0.29, 0.717) is 23.9 Å². The van der Waals surface area contributed by atoms with Gasteiger partial charge in [-0.3, -0.25) is 10.1 Å². The molecule has 0 saturated heterocycles. The van der Waals surface area contributed by atoms with Gasteiger partial charge in [0, 0.05) is 12.6 Å². The largest absolute Gasteiger partial charge is 0.312 e. The molecule has 0 bridgehead atoms. The summed E-state index contributed by atoms with van der Waals surface area (Å²) in [5.41, 5.74) is 0.390. The minimum atomic E-state index is -0.580. The molecule has 18 heavy (non-hydrogen) atoms. The summed E-state index contributed by atoms with van der Waals surface area (Å²) in [7, 11) is 0. The molecule has 1 atom stereocenters. The van der Waals surface area contributed by atoms with Crippen LogP contribution >= 0.6 is 0 Å². The number of benzene rings is 1. The van der Waals surface area contributed by atoms with Gasteiger partial charge in [0.1, 0.15) is 5.82 Å². The van der Waals surface area contributed by atoms with Gasteiger partial charge in [0.05, 0.1) is 11.0 Å². The van der Waals surface area contributed by atoms with Crippen LogP contribution < -0.4 is 5.32 Å². The molecule has 1 rings (SSSR count). The lowest BCUT2D eigenvalue weighted by atomic mass is 9.98. The Morgan fingerprint density at radius 1 is 1.33 bits per heavy atom. The van der Waals surface area contributed by atoms with E-state index in [1.54, 1.807) is 0 Å². The summed E-state index contributed by atoms with van der Waals surface area (Å²) in [4.78, 5) is 10.0. The SMILES string of the molecule is CC(C)C(C)CNCc1cc(F)cc([N+](=O)[O-])c1. The fourth-order valence-corrected chi connectivity index (χ4v) is 1.52. The average Bonchev–Trinajstić information content (AvgIpc) is 2.27. The lowest BCUT2D eigenvalue weighted by Crippen LogP contribution is -2.23. The minimum absolute atomic E-state index is 0.205. The van der Waals surface area contributed by atoms with Crippen LogP contribution in [0.5, 0.6) is 0 Å². The monoisotopic (exact) mass is 254 g/mol. The first-order valence-corrected chi connectivity index (χ1v) is 6.04. The third-order valence-electron chi connectivity index (χ3n) is 3.09. The molecule has 100 valence electrons. The van der Waals surface area contributed by atoms with Crippen LogP contribution in [-0.2, 0) is 6.54 Å². The van der Waals surface area contributed by atoms with Crippen molar-refractivity contribution < 1.29 is 9.31 Å². The highest BCUT2D eigenvalue weighted by Gasteiger charge is 2.10. The second-order valence-electron chi connectivity index (χ2n) is 4.93. The second-order valence-corrected chi connectivity index (χ2v) is 4.93. The molecular weight excluding hydrogens is 235 g/mol. The van der Waals surface area contributed by atoms with Gasteiger partial charge in [-0.2, -0.15) is 0 Å². The molecule has 5 heteroatoms. The molecule has 0 amide bonds. The van der Waals surface area contributed by atoms with Crippen molar-refractivity contribution in [1.82, 2.24) is 5.32 Å². The lowest BCUT2D eigenvalue weighted by molar-refractivity contribution is -0.385. The first-order valence-electron chi connectivity index (χ1n) is 6.04. The topological polar surface area (TPSA) is 55.2 Å². The highest BCUT2D eigenvalue weighted by Crippen LogP contribution is 2.16. The Balaban J connectivity index is 2.60. The van der Waals surface area contributed by atoms with E-state index in [1.807, 2.05) is 0 Å². The van der Waals surface area contributed by atoms with E-state index in [-0.39, 0.29) is 5.69 Å². The number of hydrogen-bond acceptors (Lipinski definition) is 3. The van der Waals surface area contributed by atoms with Gasteiger partial charge in [0.25, 0.3) is 5.69 Å². The molecule has 0 radical (unpaired) electrons. The van der Waals surface area contributed by atoms with E-state index in [2.05, 4.69) is 26.1 Å². The molecule has 0 aliphatic carbocycles. The molecule has 0 spiro atoms. The molecule has 1 N–H and O–H groups in total. The van der Waals surface area contributed by atoms with Crippen molar-refractivity contribution in [3.8, 4) is 0 Å². The van der Waals surface area contributed by atoms with Crippen LogP contribution in [0.15, 0.2) is 18.2 Å². The van der Waals surface area contributed by atoms with Gasteiger partial charge in [-0.1, -0.05) is 20.8 Å². The van der Waals surface area contributed by atoms with Crippen molar-refractivity contribution in [2.24, 2.45) is 11.8 Å². The van der Waals surface area contributed by atoms with E-state index in [1.165, 1.54) is 12.1 Å². The number of hydrogen-bond donors (Lipinski definition) is 1. The molecule has 0 heterocycles. The molecule has 1 aromatic rings. The van der Waals surface area contributed by atoms with Crippen LogP contribution in [0.1, 0.15) is 26.3 Å². The highest BCUT2D eigenvalue weighted by atomic mass is 19.1. The molecule has 0 aliphatic heterocycles. The first-order chi connectivity index (χ1) is 8.40. The summed E-state index contributed by atoms with van der Waals surface area (Å²) in [6.07, 6.45) is 0. The van der Waals surface area contributed by atoms with Crippen molar-refractivity contribution >= 4 is 5.69 Å². The maximum Gasteiger partial charge on any atom is 0.272 e. The van der Waals surface area contributed by atoms with Crippen LogP contribution in [0.4, 0.5) is 10.1 Å². The predicted molar refractivity (Wildman–Crippen MR) is 68.8 cm³/mol. The summed E-state index contributed by atoms with van der Waals surface area (Å²) in [6.45, 7) is 7.65. The number of nitro benzene ring substituents is 1. The minimum Gasteiger partial charge on any atom is -0.312 e. The highest BCUT2D eigenvalue weighted by molar-refractivity contribution is 5.35. The second kappa shape index (κ2) is 6.44. The molecule has 0 saturated carbocycles. The zero-order valence-electron chi connectivity index (χ0n) is 10.9. The Morgan fingerprint density at radius 3 is 2.56 bits per heavy atom. The number of halogens is 1. The van der Waals surface area contributed by atoms with Gasteiger partial charge in [-0.25, -0.2) is 4.39 Å². The van der Waals surface area contributed by atoms with Crippen molar-refractivity contribution in [1.29, 1.82) is 0 Å². The van der Waals surface area contributed by atoms with Crippen LogP contribution in [0.25, 0.3) is 0 Å². The van der Waals surface area contributed by atoms with Crippen LogP contribution in [0, 0.1) is 27.8 Å². The summed E-state index contributed by atoms with van der Waals surface area (Å²) in [6, 6.07) is 3.65. The summed E-state index contributed by atoms with van der Waals surface area (Å²) < 4.78 is 13.2. The van der Waals surface area contributed by atoms with Crippen molar-refractivity contribution in [2.75, 3.05) is 6.54 Å². The quantitative estimate of drug-likeness (QED) is 0.627.